The van der Waals surface area contributed by atoms with Crippen LogP contribution in [0.5, 0.6) is 0 Å². The van der Waals surface area contributed by atoms with E-state index in [0.717, 1.165) is 43.6 Å². The minimum absolute atomic E-state index is 0.182. The van der Waals surface area contributed by atoms with Gasteiger partial charge < -0.3 is 15.4 Å². The van der Waals surface area contributed by atoms with Crippen LogP contribution in [0, 0.1) is 0 Å². The normalized spacial score (nSPS) is 18.5. The molecule has 1 aromatic carbocycles. The van der Waals surface area contributed by atoms with E-state index in [2.05, 4.69) is 46.0 Å². The molecule has 1 aromatic rings. The minimum Gasteiger partial charge on any atom is -0.380 e. The molecule has 0 aromatic heterocycles. The van der Waals surface area contributed by atoms with Crippen molar-refractivity contribution in [3.63, 3.8) is 0 Å². The summed E-state index contributed by atoms with van der Waals surface area (Å²) in [6.07, 6.45) is 2.00. The molecule has 4 heteroatoms. The lowest BCUT2D eigenvalue weighted by atomic mass is 10.0. The molecule has 0 amide bonds. The van der Waals surface area contributed by atoms with Gasteiger partial charge in [-0.2, -0.15) is 0 Å². The molecule has 1 aliphatic rings. The van der Waals surface area contributed by atoms with Crippen LogP contribution in [-0.2, 0) is 11.2 Å². The fraction of sp³-hybridized carbons (Fsp3) is 0.571. The Morgan fingerprint density at radius 2 is 2.22 bits per heavy atom. The van der Waals surface area contributed by atoms with E-state index in [0.29, 0.717) is 0 Å². The fourth-order valence-corrected chi connectivity index (χ4v) is 2.77. The van der Waals surface area contributed by atoms with Crippen LogP contribution in [0.1, 0.15) is 18.9 Å². The number of nitrogens with zero attached hydrogens (tertiary/aromatic N) is 1. The van der Waals surface area contributed by atoms with Crippen molar-refractivity contribution in [1.29, 1.82) is 0 Å². The first-order valence-electron chi connectivity index (χ1n) is 6.53. The summed E-state index contributed by atoms with van der Waals surface area (Å²) in [7, 11) is 0. The molecule has 1 heterocycles. The van der Waals surface area contributed by atoms with Gasteiger partial charge in [0.1, 0.15) is 0 Å². The van der Waals surface area contributed by atoms with Gasteiger partial charge in [0.05, 0.1) is 6.61 Å². The van der Waals surface area contributed by atoms with Gasteiger partial charge in [0.15, 0.2) is 0 Å². The second kappa shape index (κ2) is 6.55. The predicted octanol–water partition coefficient (Wildman–Crippen LogP) is 2.57. The third-order valence-electron chi connectivity index (χ3n) is 3.15. The van der Waals surface area contributed by atoms with Crippen molar-refractivity contribution >= 4 is 21.6 Å². The third kappa shape index (κ3) is 3.70. The maximum absolute atomic E-state index is 5.95. The number of hydrogen-bond acceptors (Lipinski definition) is 3. The summed E-state index contributed by atoms with van der Waals surface area (Å²) >= 11 is 3.54. The molecule has 0 radical (unpaired) electrons. The average molecular weight is 313 g/mol. The van der Waals surface area contributed by atoms with Gasteiger partial charge in [-0.05, 0) is 43.5 Å². The Bertz CT molecular complexity index is 387. The highest BCUT2D eigenvalue weighted by Gasteiger charge is 2.14. The summed E-state index contributed by atoms with van der Waals surface area (Å²) in [6, 6.07) is 6.66. The molecule has 0 aliphatic carbocycles. The van der Waals surface area contributed by atoms with Gasteiger partial charge in [-0.3, -0.25) is 0 Å². The number of hydrogen-bond donors (Lipinski definition) is 1. The molecule has 2 rings (SSSR count). The SMILES string of the molecule is CC(N)Cc1cc(Br)ccc1N1CCCOCC1. The van der Waals surface area contributed by atoms with Crippen molar-refractivity contribution < 1.29 is 4.74 Å². The first kappa shape index (κ1) is 13.8. The Balaban J connectivity index is 2.23. The van der Waals surface area contributed by atoms with Gasteiger partial charge in [-0.15, -0.1) is 0 Å². The van der Waals surface area contributed by atoms with E-state index in [9.17, 15) is 0 Å². The number of nitrogens with two attached hydrogens (primary N) is 1. The largest absolute Gasteiger partial charge is 0.380 e. The molecule has 1 atom stereocenters. The second-order valence-electron chi connectivity index (χ2n) is 4.91. The quantitative estimate of drug-likeness (QED) is 0.932. The summed E-state index contributed by atoms with van der Waals surface area (Å²) in [5, 5.41) is 0. The minimum atomic E-state index is 0.182. The third-order valence-corrected chi connectivity index (χ3v) is 3.64. The Kier molecular flexibility index (Phi) is 5.03. The standard InChI is InChI=1S/C14H21BrN2O/c1-11(16)9-12-10-13(15)3-4-14(12)17-5-2-7-18-8-6-17/h3-4,10-11H,2,5-9,16H2,1H3. The van der Waals surface area contributed by atoms with Crippen LogP contribution < -0.4 is 10.6 Å². The predicted molar refractivity (Wildman–Crippen MR) is 79.1 cm³/mol. The zero-order chi connectivity index (χ0) is 13.0. The number of benzene rings is 1. The first-order valence-corrected chi connectivity index (χ1v) is 7.33. The molecular weight excluding hydrogens is 292 g/mol. The van der Waals surface area contributed by atoms with Crippen molar-refractivity contribution in [1.82, 2.24) is 0 Å². The van der Waals surface area contributed by atoms with Crippen molar-refractivity contribution in [3.05, 3.63) is 28.2 Å². The maximum atomic E-state index is 5.95. The summed E-state index contributed by atoms with van der Waals surface area (Å²) < 4.78 is 6.63. The number of anilines is 1. The monoisotopic (exact) mass is 312 g/mol. The Hall–Kier alpha value is -0.580. The van der Waals surface area contributed by atoms with E-state index in [4.69, 9.17) is 10.5 Å². The van der Waals surface area contributed by atoms with Crippen molar-refractivity contribution in [3.8, 4) is 0 Å². The highest BCUT2D eigenvalue weighted by Crippen LogP contribution is 2.26. The van der Waals surface area contributed by atoms with Crippen LogP contribution in [-0.4, -0.2) is 32.3 Å². The zero-order valence-electron chi connectivity index (χ0n) is 10.9. The molecule has 1 fully saturated rings. The van der Waals surface area contributed by atoms with Crippen LogP contribution in [0.3, 0.4) is 0 Å². The maximum Gasteiger partial charge on any atom is 0.0641 e. The van der Waals surface area contributed by atoms with Gasteiger partial charge in [0, 0.05) is 35.9 Å². The molecule has 18 heavy (non-hydrogen) atoms. The van der Waals surface area contributed by atoms with E-state index >= 15 is 0 Å². The lowest BCUT2D eigenvalue weighted by Gasteiger charge is -2.25. The molecule has 0 saturated carbocycles. The molecule has 1 unspecified atom stereocenters. The van der Waals surface area contributed by atoms with Crippen LogP contribution in [0.15, 0.2) is 22.7 Å². The Labute approximate surface area is 117 Å². The second-order valence-corrected chi connectivity index (χ2v) is 5.82. The molecule has 1 aliphatic heterocycles. The van der Waals surface area contributed by atoms with Crippen molar-refractivity contribution in [2.75, 3.05) is 31.2 Å². The van der Waals surface area contributed by atoms with Gasteiger partial charge in [-0.25, -0.2) is 0 Å². The van der Waals surface area contributed by atoms with Gasteiger partial charge >= 0.3 is 0 Å². The summed E-state index contributed by atoms with van der Waals surface area (Å²) in [5.41, 5.74) is 8.57. The number of rotatable bonds is 3. The molecule has 1 saturated heterocycles. The fourth-order valence-electron chi connectivity index (χ4n) is 2.36. The van der Waals surface area contributed by atoms with Gasteiger partial charge in [-0.1, -0.05) is 15.9 Å². The summed E-state index contributed by atoms with van der Waals surface area (Å²) in [6.45, 7) is 5.76. The molecule has 0 spiro atoms. The topological polar surface area (TPSA) is 38.5 Å². The van der Waals surface area contributed by atoms with E-state index in [1.165, 1.54) is 11.3 Å². The Morgan fingerprint density at radius 1 is 1.39 bits per heavy atom. The van der Waals surface area contributed by atoms with Gasteiger partial charge in [0.2, 0.25) is 0 Å². The summed E-state index contributed by atoms with van der Waals surface area (Å²) in [4.78, 5) is 2.41. The van der Waals surface area contributed by atoms with Crippen LogP contribution >= 0.6 is 15.9 Å². The molecular formula is C14H21BrN2O. The van der Waals surface area contributed by atoms with Crippen LogP contribution in [0.25, 0.3) is 0 Å². The molecule has 0 bridgehead atoms. The molecule has 100 valence electrons. The Morgan fingerprint density at radius 3 is 3.00 bits per heavy atom. The van der Waals surface area contributed by atoms with E-state index in [1.54, 1.807) is 0 Å². The first-order chi connectivity index (χ1) is 8.66. The zero-order valence-corrected chi connectivity index (χ0v) is 12.4. The average Bonchev–Trinajstić information content (AvgIpc) is 2.57. The van der Waals surface area contributed by atoms with Crippen LogP contribution in [0.4, 0.5) is 5.69 Å². The van der Waals surface area contributed by atoms with Gasteiger partial charge in [0.25, 0.3) is 0 Å². The lowest BCUT2D eigenvalue weighted by molar-refractivity contribution is 0.152. The van der Waals surface area contributed by atoms with E-state index < -0.39 is 0 Å². The lowest BCUT2D eigenvalue weighted by Crippen LogP contribution is -2.28. The van der Waals surface area contributed by atoms with E-state index in [-0.39, 0.29) is 6.04 Å². The van der Waals surface area contributed by atoms with Crippen molar-refractivity contribution in [2.45, 2.75) is 25.8 Å². The van der Waals surface area contributed by atoms with Crippen LogP contribution in [0.2, 0.25) is 0 Å². The number of ether oxygens (including phenoxy) is 1. The van der Waals surface area contributed by atoms with Crippen molar-refractivity contribution in [2.24, 2.45) is 5.73 Å². The molecule has 2 N–H and O–H groups in total. The smallest absolute Gasteiger partial charge is 0.0641 e. The van der Waals surface area contributed by atoms with E-state index in [1.807, 2.05) is 0 Å². The highest BCUT2D eigenvalue weighted by atomic mass is 79.9. The number of halogens is 1. The molecule has 3 nitrogen and oxygen atoms in total. The summed E-state index contributed by atoms with van der Waals surface area (Å²) in [5.74, 6) is 0. The highest BCUT2D eigenvalue weighted by molar-refractivity contribution is 9.10.